The molecule has 17 heavy (non-hydrogen) atoms. The smallest absolute Gasteiger partial charge is 0.340 e. The molecule has 1 aromatic rings. The molecule has 1 rings (SSSR count). The third kappa shape index (κ3) is 3.57. The SMILES string of the molecule is CCOC(=O)c1ccccc1NC(=O)[C@@H](C)N. The fourth-order valence-electron chi connectivity index (χ4n) is 1.23. The van der Waals surface area contributed by atoms with Gasteiger partial charge in [-0.1, -0.05) is 12.1 Å². The Hall–Kier alpha value is -1.88. The molecule has 0 saturated carbocycles. The highest BCUT2D eigenvalue weighted by Crippen LogP contribution is 2.16. The largest absolute Gasteiger partial charge is 0.462 e. The molecule has 1 atom stereocenters. The molecule has 0 radical (unpaired) electrons. The zero-order valence-corrected chi connectivity index (χ0v) is 9.90. The lowest BCUT2D eigenvalue weighted by Gasteiger charge is -2.11. The first-order valence-corrected chi connectivity index (χ1v) is 5.38. The third-order valence-corrected chi connectivity index (χ3v) is 2.09. The Balaban J connectivity index is 2.92. The lowest BCUT2D eigenvalue weighted by molar-refractivity contribution is -0.117. The molecule has 0 aliphatic rings. The summed E-state index contributed by atoms with van der Waals surface area (Å²) >= 11 is 0. The fourth-order valence-corrected chi connectivity index (χ4v) is 1.23. The number of ether oxygens (including phenoxy) is 1. The van der Waals surface area contributed by atoms with Gasteiger partial charge < -0.3 is 15.8 Å². The lowest BCUT2D eigenvalue weighted by atomic mass is 10.1. The lowest BCUT2D eigenvalue weighted by Crippen LogP contribution is -2.33. The molecule has 3 N–H and O–H groups in total. The van der Waals surface area contributed by atoms with Gasteiger partial charge in [-0.25, -0.2) is 4.79 Å². The number of para-hydroxylation sites is 1. The summed E-state index contributed by atoms with van der Waals surface area (Å²) in [6.45, 7) is 3.58. The number of nitrogens with one attached hydrogen (secondary N) is 1. The first kappa shape index (κ1) is 13.2. The van der Waals surface area contributed by atoms with Crippen molar-refractivity contribution >= 4 is 17.6 Å². The molecule has 0 aromatic heterocycles. The Morgan fingerprint density at radius 3 is 2.65 bits per heavy atom. The second-order valence-electron chi connectivity index (χ2n) is 3.54. The van der Waals surface area contributed by atoms with E-state index in [1.54, 1.807) is 38.1 Å². The summed E-state index contributed by atoms with van der Waals surface area (Å²) in [5.74, 6) is -0.810. The van der Waals surface area contributed by atoms with E-state index in [9.17, 15) is 9.59 Å². The Bertz CT molecular complexity index is 416. The van der Waals surface area contributed by atoms with E-state index < -0.39 is 12.0 Å². The molecular weight excluding hydrogens is 220 g/mol. The monoisotopic (exact) mass is 236 g/mol. The van der Waals surface area contributed by atoms with Crippen LogP contribution >= 0.6 is 0 Å². The molecule has 0 unspecified atom stereocenters. The van der Waals surface area contributed by atoms with Crippen molar-refractivity contribution in [3.05, 3.63) is 29.8 Å². The highest BCUT2D eigenvalue weighted by molar-refractivity contribution is 6.02. The maximum absolute atomic E-state index is 11.6. The van der Waals surface area contributed by atoms with Crippen LogP contribution in [0.2, 0.25) is 0 Å². The first-order valence-electron chi connectivity index (χ1n) is 5.38. The van der Waals surface area contributed by atoms with Crippen LogP contribution in [0.1, 0.15) is 24.2 Å². The molecule has 1 aromatic carbocycles. The maximum Gasteiger partial charge on any atom is 0.340 e. The van der Waals surface area contributed by atoms with Gasteiger partial charge in [-0.3, -0.25) is 4.79 Å². The van der Waals surface area contributed by atoms with Crippen LogP contribution in [0.25, 0.3) is 0 Å². The number of hydrogen-bond donors (Lipinski definition) is 2. The van der Waals surface area contributed by atoms with E-state index in [0.29, 0.717) is 11.3 Å². The summed E-state index contributed by atoms with van der Waals surface area (Å²) in [6.07, 6.45) is 0. The molecule has 0 fully saturated rings. The van der Waals surface area contributed by atoms with Crippen molar-refractivity contribution in [1.82, 2.24) is 0 Å². The van der Waals surface area contributed by atoms with Gasteiger partial charge in [0.25, 0.3) is 0 Å². The Labute approximate surface area is 99.9 Å². The molecule has 0 bridgehead atoms. The van der Waals surface area contributed by atoms with E-state index in [0.717, 1.165) is 0 Å². The second kappa shape index (κ2) is 6.00. The molecular formula is C12H16N2O3. The highest BCUT2D eigenvalue weighted by Gasteiger charge is 2.15. The van der Waals surface area contributed by atoms with Crippen molar-refractivity contribution in [3.63, 3.8) is 0 Å². The van der Waals surface area contributed by atoms with Crippen LogP contribution in [0.3, 0.4) is 0 Å². The average molecular weight is 236 g/mol. The summed E-state index contributed by atoms with van der Waals surface area (Å²) in [6, 6.07) is 6.01. The molecule has 1 amide bonds. The minimum absolute atomic E-state index is 0.286. The molecule has 5 nitrogen and oxygen atoms in total. The molecule has 0 saturated heterocycles. The maximum atomic E-state index is 11.6. The van der Waals surface area contributed by atoms with Crippen LogP contribution in [0.5, 0.6) is 0 Å². The van der Waals surface area contributed by atoms with Crippen molar-refractivity contribution in [2.45, 2.75) is 19.9 Å². The van der Waals surface area contributed by atoms with Crippen LogP contribution in [-0.2, 0) is 9.53 Å². The predicted molar refractivity (Wildman–Crippen MR) is 64.7 cm³/mol. The van der Waals surface area contributed by atoms with Crippen LogP contribution in [-0.4, -0.2) is 24.5 Å². The number of hydrogen-bond acceptors (Lipinski definition) is 4. The van der Waals surface area contributed by atoms with Gasteiger partial charge >= 0.3 is 5.97 Å². The summed E-state index contributed by atoms with van der Waals surface area (Å²) < 4.78 is 4.89. The van der Waals surface area contributed by atoms with Crippen molar-refractivity contribution in [1.29, 1.82) is 0 Å². The summed E-state index contributed by atoms with van der Waals surface area (Å²) in [5, 5.41) is 2.58. The van der Waals surface area contributed by atoms with E-state index in [4.69, 9.17) is 10.5 Å². The van der Waals surface area contributed by atoms with Gasteiger partial charge in [0.15, 0.2) is 0 Å². The summed E-state index contributed by atoms with van der Waals surface area (Å²) in [7, 11) is 0. The minimum atomic E-state index is -0.634. The van der Waals surface area contributed by atoms with Crippen LogP contribution < -0.4 is 11.1 Å². The average Bonchev–Trinajstić information content (AvgIpc) is 2.29. The van der Waals surface area contributed by atoms with Crippen molar-refractivity contribution < 1.29 is 14.3 Å². The number of carbonyl (C=O) groups excluding carboxylic acids is 2. The standard InChI is InChI=1S/C12H16N2O3/c1-3-17-12(16)9-6-4-5-7-10(9)14-11(15)8(2)13/h4-8H,3,13H2,1-2H3,(H,14,15)/t8-/m1/s1. The van der Waals surface area contributed by atoms with E-state index in [-0.39, 0.29) is 12.5 Å². The van der Waals surface area contributed by atoms with Crippen LogP contribution in [0.4, 0.5) is 5.69 Å². The zero-order chi connectivity index (χ0) is 12.8. The molecule has 5 heteroatoms. The van der Waals surface area contributed by atoms with Gasteiger partial charge in [0.05, 0.1) is 23.9 Å². The zero-order valence-electron chi connectivity index (χ0n) is 9.90. The van der Waals surface area contributed by atoms with Crippen molar-refractivity contribution in [3.8, 4) is 0 Å². The second-order valence-corrected chi connectivity index (χ2v) is 3.54. The first-order chi connectivity index (χ1) is 8.06. The fraction of sp³-hybridized carbons (Fsp3) is 0.333. The Kier molecular flexibility index (Phi) is 4.66. The van der Waals surface area contributed by atoms with Crippen molar-refractivity contribution in [2.24, 2.45) is 5.73 Å². The third-order valence-electron chi connectivity index (χ3n) is 2.09. The van der Waals surface area contributed by atoms with E-state index in [2.05, 4.69) is 5.32 Å². The van der Waals surface area contributed by atoms with E-state index >= 15 is 0 Å². The van der Waals surface area contributed by atoms with Crippen molar-refractivity contribution in [2.75, 3.05) is 11.9 Å². The molecule has 0 aliphatic carbocycles. The number of carbonyl (C=O) groups is 2. The van der Waals surface area contributed by atoms with Gasteiger partial charge in [0.1, 0.15) is 0 Å². The number of nitrogens with two attached hydrogens (primary N) is 1. The van der Waals surface area contributed by atoms with Gasteiger partial charge in [-0.2, -0.15) is 0 Å². The highest BCUT2D eigenvalue weighted by atomic mass is 16.5. The van der Waals surface area contributed by atoms with Gasteiger partial charge in [-0.05, 0) is 26.0 Å². The van der Waals surface area contributed by atoms with Gasteiger partial charge in [-0.15, -0.1) is 0 Å². The minimum Gasteiger partial charge on any atom is -0.462 e. The molecule has 0 spiro atoms. The van der Waals surface area contributed by atoms with Crippen LogP contribution in [0, 0.1) is 0 Å². The summed E-state index contributed by atoms with van der Waals surface area (Å²) in [4.78, 5) is 23.1. The Morgan fingerprint density at radius 2 is 2.06 bits per heavy atom. The van der Waals surface area contributed by atoms with E-state index in [1.807, 2.05) is 0 Å². The van der Waals surface area contributed by atoms with Gasteiger partial charge in [0.2, 0.25) is 5.91 Å². The number of amides is 1. The van der Waals surface area contributed by atoms with Crippen LogP contribution in [0.15, 0.2) is 24.3 Å². The molecule has 0 heterocycles. The van der Waals surface area contributed by atoms with E-state index in [1.165, 1.54) is 0 Å². The number of benzene rings is 1. The Morgan fingerprint density at radius 1 is 1.41 bits per heavy atom. The number of anilines is 1. The quantitative estimate of drug-likeness (QED) is 0.768. The predicted octanol–water partition coefficient (Wildman–Crippen LogP) is 1.15. The molecule has 0 aliphatic heterocycles. The van der Waals surface area contributed by atoms with Gasteiger partial charge in [0, 0.05) is 0 Å². The molecule has 92 valence electrons. The topological polar surface area (TPSA) is 81.4 Å². The number of esters is 1. The number of rotatable bonds is 4. The normalized spacial score (nSPS) is 11.7. The summed E-state index contributed by atoms with van der Waals surface area (Å²) in [5.41, 5.74) is 6.17.